The van der Waals surface area contributed by atoms with Gasteiger partial charge < -0.3 is 29.7 Å². The van der Waals surface area contributed by atoms with Crippen molar-refractivity contribution in [3.05, 3.63) is 51.6 Å². The van der Waals surface area contributed by atoms with Crippen molar-refractivity contribution >= 4 is 52.5 Å². The van der Waals surface area contributed by atoms with Crippen LogP contribution >= 0.6 is 34.8 Å². The number of hydrogen-bond acceptors (Lipinski definition) is 6. The van der Waals surface area contributed by atoms with Gasteiger partial charge in [0.2, 0.25) is 0 Å². The van der Waals surface area contributed by atoms with Gasteiger partial charge in [-0.05, 0) is 17.8 Å². The highest BCUT2D eigenvalue weighted by Crippen LogP contribution is 2.30. The second kappa shape index (κ2) is 13.7. The molecule has 0 radical (unpaired) electrons. The SMILES string of the molecule is CC(C)[C@@H]1NC(=O)c2nc(n(C)c2CCl)[C@H](C(C)C)NC(=O)c2nc(n(C)c2CCl)[C@H](C(C)C)NC(=O)c2nc1n(C)c2CCl. The molecule has 0 unspecified atom stereocenters. The Morgan fingerprint density at radius 1 is 0.533 bits per heavy atom. The van der Waals surface area contributed by atoms with Gasteiger partial charge in [0.15, 0.2) is 17.1 Å². The van der Waals surface area contributed by atoms with Crippen molar-refractivity contribution in [3.63, 3.8) is 0 Å². The lowest BCUT2D eigenvalue weighted by Crippen LogP contribution is -2.35. The lowest BCUT2D eigenvalue weighted by atomic mass is 10.0. The van der Waals surface area contributed by atoms with Crippen LogP contribution < -0.4 is 16.0 Å². The van der Waals surface area contributed by atoms with Crippen molar-refractivity contribution in [1.82, 2.24) is 44.6 Å². The van der Waals surface area contributed by atoms with E-state index in [0.717, 1.165) is 0 Å². The molecule has 0 saturated heterocycles. The Morgan fingerprint density at radius 3 is 0.933 bits per heavy atom. The molecular formula is C30H42Cl3N9O3. The van der Waals surface area contributed by atoms with Gasteiger partial charge in [0.25, 0.3) is 17.7 Å². The van der Waals surface area contributed by atoms with E-state index >= 15 is 0 Å². The molecule has 3 amide bonds. The Hall–Kier alpha value is -3.09. The number of carbonyl (C=O) groups is 3. The fourth-order valence-corrected chi connectivity index (χ4v) is 6.63. The number of aromatic nitrogens is 6. The Kier molecular flexibility index (Phi) is 10.6. The third-order valence-electron chi connectivity index (χ3n) is 8.46. The molecule has 3 aromatic rings. The second-order valence-corrected chi connectivity index (χ2v) is 13.3. The first-order valence-electron chi connectivity index (χ1n) is 14.9. The maximum absolute atomic E-state index is 13.9. The summed E-state index contributed by atoms with van der Waals surface area (Å²) >= 11 is 19.1. The van der Waals surface area contributed by atoms with Crippen LogP contribution in [0.5, 0.6) is 0 Å². The number of rotatable bonds is 6. The number of amides is 3. The topological polar surface area (TPSA) is 141 Å². The van der Waals surface area contributed by atoms with Gasteiger partial charge >= 0.3 is 0 Å². The average molecular weight is 683 g/mol. The molecule has 4 heterocycles. The number of alkyl halides is 3. The Bertz CT molecular complexity index is 1420. The van der Waals surface area contributed by atoms with Crippen LogP contribution in [0.2, 0.25) is 0 Å². The number of hydrogen-bond donors (Lipinski definition) is 3. The summed E-state index contributed by atoms with van der Waals surface area (Å²) in [5.74, 6) is -0.271. The molecule has 0 spiro atoms. The summed E-state index contributed by atoms with van der Waals surface area (Å²) in [4.78, 5) is 55.9. The van der Waals surface area contributed by atoms with Gasteiger partial charge in [-0.2, -0.15) is 0 Å². The number of nitrogens with zero attached hydrogens (tertiary/aromatic N) is 6. The first kappa shape index (κ1) is 34.8. The fourth-order valence-electron chi connectivity index (χ4n) is 5.71. The van der Waals surface area contributed by atoms with Gasteiger partial charge in [0.1, 0.15) is 17.5 Å². The minimum atomic E-state index is -0.594. The Labute approximate surface area is 278 Å². The number of fused-ring (bicyclic) bond motifs is 6. The van der Waals surface area contributed by atoms with E-state index in [-0.39, 0.29) is 52.5 Å². The molecular weight excluding hydrogens is 641 g/mol. The molecule has 246 valence electrons. The molecule has 1 aliphatic heterocycles. The van der Waals surface area contributed by atoms with E-state index in [2.05, 4.69) is 16.0 Å². The van der Waals surface area contributed by atoms with Gasteiger partial charge in [0, 0.05) is 21.1 Å². The zero-order chi connectivity index (χ0) is 33.5. The number of carbonyl (C=O) groups excluding carboxylic acids is 3. The van der Waals surface area contributed by atoms with Gasteiger partial charge in [0.05, 0.1) is 52.8 Å². The summed E-state index contributed by atoms with van der Waals surface area (Å²) in [5.41, 5.74) is 1.90. The molecule has 3 N–H and O–H groups in total. The highest BCUT2D eigenvalue weighted by atomic mass is 35.5. The molecule has 45 heavy (non-hydrogen) atoms. The largest absolute Gasteiger partial charge is 0.340 e. The van der Waals surface area contributed by atoms with E-state index in [4.69, 9.17) is 49.8 Å². The second-order valence-electron chi connectivity index (χ2n) is 12.5. The lowest BCUT2D eigenvalue weighted by molar-refractivity contribution is 0.0912. The van der Waals surface area contributed by atoms with Crippen molar-refractivity contribution < 1.29 is 14.4 Å². The molecule has 3 aromatic heterocycles. The smallest absolute Gasteiger partial charge is 0.272 e. The monoisotopic (exact) mass is 681 g/mol. The quantitative estimate of drug-likeness (QED) is 0.319. The van der Waals surface area contributed by atoms with Crippen molar-refractivity contribution in [2.45, 2.75) is 77.3 Å². The minimum absolute atomic E-state index is 0.0110. The lowest BCUT2D eigenvalue weighted by Gasteiger charge is -2.22. The summed E-state index contributed by atoms with van der Waals surface area (Å²) in [7, 11) is 5.31. The predicted molar refractivity (Wildman–Crippen MR) is 173 cm³/mol. The Balaban J connectivity index is 2.01. The molecule has 0 aromatic carbocycles. The van der Waals surface area contributed by atoms with Crippen molar-refractivity contribution in [3.8, 4) is 0 Å². The third kappa shape index (κ3) is 6.33. The molecule has 0 aliphatic carbocycles. The molecule has 0 saturated carbocycles. The molecule has 12 nitrogen and oxygen atoms in total. The summed E-state index contributed by atoms with van der Waals surface area (Å²) in [6, 6.07) is -1.78. The van der Waals surface area contributed by atoms with E-state index in [9.17, 15) is 14.4 Å². The zero-order valence-corrected chi connectivity index (χ0v) is 29.4. The molecule has 0 fully saturated rings. The number of imidazole rings is 3. The maximum atomic E-state index is 13.9. The van der Waals surface area contributed by atoms with Gasteiger partial charge in [-0.1, -0.05) is 41.5 Å². The van der Waals surface area contributed by atoms with Crippen molar-refractivity contribution in [2.75, 3.05) is 0 Å². The fraction of sp³-hybridized carbons (Fsp3) is 0.600. The van der Waals surface area contributed by atoms with Crippen LogP contribution in [-0.2, 0) is 38.8 Å². The van der Waals surface area contributed by atoms with E-state index < -0.39 is 35.8 Å². The molecule has 15 heteroatoms. The maximum Gasteiger partial charge on any atom is 0.272 e. The first-order chi connectivity index (χ1) is 21.2. The van der Waals surface area contributed by atoms with Gasteiger partial charge in [-0.15, -0.1) is 34.8 Å². The summed E-state index contributed by atoms with van der Waals surface area (Å²) in [6.45, 7) is 11.7. The molecule has 6 bridgehead atoms. The first-order valence-corrected chi connectivity index (χ1v) is 16.5. The molecule has 3 atom stereocenters. The number of nitrogens with one attached hydrogen (secondary N) is 3. The van der Waals surface area contributed by atoms with Crippen molar-refractivity contribution in [1.29, 1.82) is 0 Å². The van der Waals surface area contributed by atoms with Gasteiger partial charge in [-0.3, -0.25) is 14.4 Å². The van der Waals surface area contributed by atoms with E-state index in [1.807, 2.05) is 41.5 Å². The van der Waals surface area contributed by atoms with Crippen LogP contribution in [-0.4, -0.2) is 46.4 Å². The summed E-state index contributed by atoms with van der Waals surface area (Å²) in [6.07, 6.45) is 0. The van der Waals surface area contributed by atoms with Gasteiger partial charge in [-0.25, -0.2) is 15.0 Å². The van der Waals surface area contributed by atoms with E-state index in [1.165, 1.54) is 0 Å². The zero-order valence-electron chi connectivity index (χ0n) is 27.1. The highest BCUT2D eigenvalue weighted by molar-refractivity contribution is 6.18. The highest BCUT2D eigenvalue weighted by Gasteiger charge is 2.35. The van der Waals surface area contributed by atoms with E-state index in [0.29, 0.717) is 34.6 Å². The van der Waals surface area contributed by atoms with E-state index in [1.54, 1.807) is 34.8 Å². The van der Waals surface area contributed by atoms with Crippen LogP contribution in [0.25, 0.3) is 0 Å². The van der Waals surface area contributed by atoms with Crippen LogP contribution in [0.3, 0.4) is 0 Å². The number of halogens is 3. The normalized spacial score (nSPS) is 19.5. The Morgan fingerprint density at radius 2 is 0.756 bits per heavy atom. The standard InChI is InChI=1S/C30H42Cl3N9O3/c1-13(2)19-25-34-23(16(10-31)40(25)7)29(44)38-21(15(5)6)27-36-24(18(12-33)42(27)9)30(45)39-20(14(3)4)26-35-22(28(43)37-19)17(11-32)41(26)8/h13-15,19-21H,10-12H2,1-9H3,(H,37,43)(H,38,44)(H,39,45)/t19-,20-,21-/m0/s1. The van der Waals surface area contributed by atoms with Crippen LogP contribution in [0.1, 0.15) is 126 Å². The molecule has 4 rings (SSSR count). The van der Waals surface area contributed by atoms with Crippen LogP contribution in [0, 0.1) is 17.8 Å². The third-order valence-corrected chi connectivity index (χ3v) is 9.22. The van der Waals surface area contributed by atoms with Crippen LogP contribution in [0.15, 0.2) is 0 Å². The van der Waals surface area contributed by atoms with Crippen LogP contribution in [0.4, 0.5) is 0 Å². The minimum Gasteiger partial charge on any atom is -0.340 e. The summed E-state index contributed by atoms with van der Waals surface area (Å²) < 4.78 is 5.25. The van der Waals surface area contributed by atoms with Crippen molar-refractivity contribution in [2.24, 2.45) is 38.9 Å². The predicted octanol–water partition coefficient (Wildman–Crippen LogP) is 4.80. The summed E-state index contributed by atoms with van der Waals surface area (Å²) in [5, 5.41) is 9.23. The molecule has 1 aliphatic rings. The average Bonchev–Trinajstić information content (AvgIpc) is 3.61.